The second kappa shape index (κ2) is 7.11. The third kappa shape index (κ3) is 3.80. The highest BCUT2D eigenvalue weighted by Crippen LogP contribution is 2.32. The van der Waals surface area contributed by atoms with E-state index in [1.54, 1.807) is 6.07 Å². The normalized spacial score (nSPS) is 13.5. The number of nitrogens with zero attached hydrogens (tertiary/aromatic N) is 1. The third-order valence-electron chi connectivity index (χ3n) is 3.76. The maximum atomic E-state index is 12.4. The molecule has 0 fully saturated rings. The van der Waals surface area contributed by atoms with Gasteiger partial charge in [0.25, 0.3) is 0 Å². The highest BCUT2D eigenvalue weighted by Gasteiger charge is 2.19. The molecule has 24 heavy (non-hydrogen) atoms. The molecular formula is C17H20N2O4S. The fourth-order valence-electron chi connectivity index (χ4n) is 2.43. The van der Waals surface area contributed by atoms with Crippen molar-refractivity contribution in [1.29, 1.82) is 0 Å². The number of rotatable bonds is 6. The average molecular weight is 348 g/mol. The zero-order chi connectivity index (χ0) is 17.0. The highest BCUT2D eigenvalue weighted by atomic mass is 32.2. The fraction of sp³-hybridized carbons (Fsp3) is 0.294. The van der Waals surface area contributed by atoms with Crippen molar-refractivity contribution >= 4 is 15.7 Å². The Morgan fingerprint density at radius 2 is 1.75 bits per heavy atom. The first-order chi connectivity index (χ1) is 11.6. The zero-order valence-electron chi connectivity index (χ0n) is 13.4. The Morgan fingerprint density at radius 3 is 2.50 bits per heavy atom. The fourth-order valence-corrected chi connectivity index (χ4v) is 3.47. The smallest absolute Gasteiger partial charge is 0.240 e. The van der Waals surface area contributed by atoms with E-state index in [1.165, 1.54) is 12.1 Å². The Hall–Kier alpha value is -2.25. The van der Waals surface area contributed by atoms with Gasteiger partial charge in [-0.25, -0.2) is 13.1 Å². The van der Waals surface area contributed by atoms with Crippen molar-refractivity contribution < 1.29 is 17.9 Å². The molecule has 2 aromatic carbocycles. The van der Waals surface area contributed by atoms with Gasteiger partial charge in [0, 0.05) is 31.9 Å². The molecule has 0 bridgehead atoms. The molecule has 6 nitrogen and oxygen atoms in total. The Bertz CT molecular complexity index is 793. The van der Waals surface area contributed by atoms with Crippen LogP contribution in [0.5, 0.6) is 11.5 Å². The van der Waals surface area contributed by atoms with E-state index in [0.29, 0.717) is 37.8 Å². The maximum absolute atomic E-state index is 12.4. The lowest BCUT2D eigenvalue weighted by Crippen LogP contribution is -2.33. The molecule has 0 saturated heterocycles. The molecule has 3 rings (SSSR count). The van der Waals surface area contributed by atoms with Gasteiger partial charge in [-0.2, -0.15) is 0 Å². The van der Waals surface area contributed by atoms with E-state index in [-0.39, 0.29) is 4.90 Å². The van der Waals surface area contributed by atoms with E-state index >= 15 is 0 Å². The van der Waals surface area contributed by atoms with Crippen LogP contribution in [0.1, 0.15) is 0 Å². The molecule has 0 aromatic heterocycles. The molecule has 0 unspecified atom stereocenters. The van der Waals surface area contributed by atoms with Gasteiger partial charge >= 0.3 is 0 Å². The molecule has 1 N–H and O–H groups in total. The molecule has 0 aliphatic carbocycles. The zero-order valence-corrected chi connectivity index (χ0v) is 14.3. The van der Waals surface area contributed by atoms with E-state index in [4.69, 9.17) is 9.47 Å². The van der Waals surface area contributed by atoms with Gasteiger partial charge < -0.3 is 14.4 Å². The lowest BCUT2D eigenvalue weighted by molar-refractivity contribution is 0.171. The van der Waals surface area contributed by atoms with E-state index in [2.05, 4.69) is 4.72 Å². The van der Waals surface area contributed by atoms with Gasteiger partial charge in [0.1, 0.15) is 13.2 Å². The third-order valence-corrected chi connectivity index (χ3v) is 5.22. The molecule has 1 aliphatic rings. The Kier molecular flexibility index (Phi) is 4.92. The number of para-hydroxylation sites is 1. The number of likely N-dealkylation sites (N-methyl/N-ethyl adjacent to an activating group) is 1. The summed E-state index contributed by atoms with van der Waals surface area (Å²) < 4.78 is 38.3. The van der Waals surface area contributed by atoms with Gasteiger partial charge in [-0.3, -0.25) is 0 Å². The standard InChI is InChI=1S/C17H20N2O4S/c1-19(14-5-3-2-4-6-14)10-9-18-24(20,21)15-7-8-16-17(13-15)23-12-11-22-16/h2-8,13,18H,9-12H2,1H3. The van der Waals surface area contributed by atoms with Gasteiger partial charge in [0.2, 0.25) is 10.0 Å². The summed E-state index contributed by atoms with van der Waals surface area (Å²) in [7, 11) is -1.66. The summed E-state index contributed by atoms with van der Waals surface area (Å²) in [5.41, 5.74) is 1.04. The number of sulfonamides is 1. The van der Waals surface area contributed by atoms with Crippen molar-refractivity contribution in [1.82, 2.24) is 4.72 Å². The van der Waals surface area contributed by atoms with Crippen molar-refractivity contribution in [2.75, 3.05) is 38.3 Å². The lowest BCUT2D eigenvalue weighted by atomic mass is 10.3. The van der Waals surface area contributed by atoms with Gasteiger partial charge in [0.05, 0.1) is 4.90 Å². The summed E-state index contributed by atoms with van der Waals surface area (Å²) in [5.74, 6) is 1.04. The summed E-state index contributed by atoms with van der Waals surface area (Å²) in [6.45, 7) is 1.77. The van der Waals surface area contributed by atoms with Crippen LogP contribution in [-0.2, 0) is 10.0 Å². The first kappa shape index (κ1) is 16.6. The second-order valence-electron chi connectivity index (χ2n) is 5.46. The van der Waals surface area contributed by atoms with Gasteiger partial charge in [-0.1, -0.05) is 18.2 Å². The molecule has 0 atom stereocenters. The molecule has 0 spiro atoms. The van der Waals surface area contributed by atoms with E-state index in [0.717, 1.165) is 5.69 Å². The quantitative estimate of drug-likeness (QED) is 0.863. The Morgan fingerprint density at radius 1 is 1.04 bits per heavy atom. The van der Waals surface area contributed by atoms with Gasteiger partial charge in [-0.05, 0) is 24.3 Å². The van der Waals surface area contributed by atoms with Crippen molar-refractivity contribution in [3.05, 3.63) is 48.5 Å². The van der Waals surface area contributed by atoms with Crippen LogP contribution in [0.25, 0.3) is 0 Å². The first-order valence-electron chi connectivity index (χ1n) is 7.72. The minimum absolute atomic E-state index is 0.175. The van der Waals surface area contributed by atoms with Crippen LogP contribution < -0.4 is 19.1 Å². The minimum atomic E-state index is -3.58. The van der Waals surface area contributed by atoms with Crippen LogP contribution >= 0.6 is 0 Å². The number of fused-ring (bicyclic) bond motifs is 1. The van der Waals surface area contributed by atoms with Crippen LogP contribution in [0, 0.1) is 0 Å². The second-order valence-corrected chi connectivity index (χ2v) is 7.23. The van der Waals surface area contributed by atoms with Crippen LogP contribution in [0.4, 0.5) is 5.69 Å². The predicted molar refractivity (Wildman–Crippen MR) is 92.3 cm³/mol. The van der Waals surface area contributed by atoms with Crippen LogP contribution in [-0.4, -0.2) is 41.8 Å². The number of ether oxygens (including phenoxy) is 2. The van der Waals surface area contributed by atoms with Crippen LogP contribution in [0.15, 0.2) is 53.4 Å². The lowest BCUT2D eigenvalue weighted by Gasteiger charge is -2.20. The number of nitrogens with one attached hydrogen (secondary N) is 1. The van der Waals surface area contributed by atoms with Crippen molar-refractivity contribution in [2.45, 2.75) is 4.90 Å². The molecule has 2 aromatic rings. The molecule has 1 aliphatic heterocycles. The topological polar surface area (TPSA) is 67.9 Å². The number of anilines is 1. The summed E-state index contributed by atoms with van der Waals surface area (Å²) in [4.78, 5) is 2.17. The number of hydrogen-bond donors (Lipinski definition) is 1. The molecule has 7 heteroatoms. The molecular weight excluding hydrogens is 328 g/mol. The Balaban J connectivity index is 1.62. The maximum Gasteiger partial charge on any atom is 0.240 e. The van der Waals surface area contributed by atoms with Crippen molar-refractivity contribution in [3.8, 4) is 11.5 Å². The molecule has 1 heterocycles. The minimum Gasteiger partial charge on any atom is -0.486 e. The van der Waals surface area contributed by atoms with E-state index in [1.807, 2.05) is 42.3 Å². The van der Waals surface area contributed by atoms with Gasteiger partial charge in [-0.15, -0.1) is 0 Å². The summed E-state index contributed by atoms with van der Waals surface area (Å²) in [5, 5.41) is 0. The Labute approximate surface area is 142 Å². The van der Waals surface area contributed by atoms with Crippen LogP contribution in [0.2, 0.25) is 0 Å². The van der Waals surface area contributed by atoms with Crippen LogP contribution in [0.3, 0.4) is 0 Å². The number of hydrogen-bond acceptors (Lipinski definition) is 5. The summed E-state index contributed by atoms with van der Waals surface area (Å²) >= 11 is 0. The number of benzene rings is 2. The monoisotopic (exact) mass is 348 g/mol. The van der Waals surface area contributed by atoms with Crippen molar-refractivity contribution in [3.63, 3.8) is 0 Å². The molecule has 0 saturated carbocycles. The van der Waals surface area contributed by atoms with Crippen molar-refractivity contribution in [2.24, 2.45) is 0 Å². The predicted octanol–water partition coefficient (Wildman–Crippen LogP) is 1.87. The first-order valence-corrected chi connectivity index (χ1v) is 9.20. The highest BCUT2D eigenvalue weighted by molar-refractivity contribution is 7.89. The molecule has 0 amide bonds. The SMILES string of the molecule is CN(CCNS(=O)(=O)c1ccc2c(c1)OCCO2)c1ccccc1. The summed E-state index contributed by atoms with van der Waals surface area (Å²) in [6.07, 6.45) is 0. The van der Waals surface area contributed by atoms with Gasteiger partial charge in [0.15, 0.2) is 11.5 Å². The molecule has 128 valence electrons. The van der Waals surface area contributed by atoms with E-state index < -0.39 is 10.0 Å². The largest absolute Gasteiger partial charge is 0.486 e. The average Bonchev–Trinajstić information content (AvgIpc) is 2.62. The van der Waals surface area contributed by atoms with E-state index in [9.17, 15) is 8.42 Å². The summed E-state index contributed by atoms with van der Waals surface area (Å²) in [6, 6.07) is 14.5. The molecule has 0 radical (unpaired) electrons.